The summed E-state index contributed by atoms with van der Waals surface area (Å²) in [6.45, 7) is 22.5. The first-order valence-corrected chi connectivity index (χ1v) is 15.0. The number of carbonyl (C=O) groups is 3. The second-order valence-corrected chi connectivity index (χ2v) is 16.1. The molecule has 0 heterocycles. The summed E-state index contributed by atoms with van der Waals surface area (Å²) in [5.74, 6) is 0.353. The minimum absolute atomic E-state index is 0.0111. The van der Waals surface area contributed by atoms with E-state index in [-0.39, 0.29) is 51.6 Å². The second kappa shape index (κ2) is 9.73. The molecule has 4 aliphatic carbocycles. The molecule has 6 nitrogen and oxygen atoms in total. The van der Waals surface area contributed by atoms with Crippen LogP contribution in [0.3, 0.4) is 0 Å². The number of nitrogens with one attached hydrogen (secondary N) is 3. The summed E-state index contributed by atoms with van der Waals surface area (Å²) in [5, 5.41) is 9.54. The fourth-order valence-electron chi connectivity index (χ4n) is 7.44. The van der Waals surface area contributed by atoms with Crippen LogP contribution in [0.1, 0.15) is 108 Å². The quantitative estimate of drug-likeness (QED) is 0.400. The molecule has 40 heavy (non-hydrogen) atoms. The highest BCUT2D eigenvalue weighted by Gasteiger charge is 2.57. The van der Waals surface area contributed by atoms with Crippen molar-refractivity contribution >= 4 is 17.7 Å². The molecule has 4 atom stereocenters. The lowest BCUT2D eigenvalue weighted by molar-refractivity contribution is -0.122. The Hall–Kier alpha value is -2.63. The van der Waals surface area contributed by atoms with Crippen LogP contribution in [0.4, 0.5) is 0 Å². The van der Waals surface area contributed by atoms with E-state index >= 15 is 0 Å². The van der Waals surface area contributed by atoms with Crippen LogP contribution >= 0.6 is 0 Å². The maximum absolute atomic E-state index is 14.1. The minimum atomic E-state index is -0.419. The highest BCUT2D eigenvalue weighted by Crippen LogP contribution is 2.64. The van der Waals surface area contributed by atoms with Gasteiger partial charge in [-0.25, -0.2) is 0 Å². The first-order chi connectivity index (χ1) is 18.1. The van der Waals surface area contributed by atoms with E-state index in [1.165, 1.54) is 5.57 Å². The van der Waals surface area contributed by atoms with Crippen molar-refractivity contribution in [1.82, 2.24) is 16.0 Å². The Morgan fingerprint density at radius 2 is 1.32 bits per heavy atom. The van der Waals surface area contributed by atoms with Crippen LogP contribution in [0.5, 0.6) is 0 Å². The van der Waals surface area contributed by atoms with E-state index in [0.717, 1.165) is 41.6 Å². The third kappa shape index (κ3) is 5.73. The van der Waals surface area contributed by atoms with Gasteiger partial charge in [0.15, 0.2) is 0 Å². The van der Waals surface area contributed by atoms with Crippen molar-refractivity contribution < 1.29 is 14.4 Å². The number of allylic oxidation sites excluding steroid dienone is 5. The fourth-order valence-corrected chi connectivity index (χ4v) is 7.44. The summed E-state index contributed by atoms with van der Waals surface area (Å²) in [4.78, 5) is 40.7. The number of hydrogen-bond acceptors (Lipinski definition) is 3. The Labute approximate surface area is 241 Å². The molecule has 4 aliphatic rings. The topological polar surface area (TPSA) is 87.3 Å². The maximum Gasteiger partial charge on any atom is 0.247 e. The van der Waals surface area contributed by atoms with Gasteiger partial charge in [-0.2, -0.15) is 0 Å². The van der Waals surface area contributed by atoms with Crippen LogP contribution in [0.15, 0.2) is 46.1 Å². The lowest BCUT2D eigenvalue weighted by Crippen LogP contribution is -2.51. The molecule has 3 amide bonds. The molecule has 0 bridgehead atoms. The zero-order valence-corrected chi connectivity index (χ0v) is 26.6. The zero-order valence-electron chi connectivity index (χ0n) is 26.6. The van der Waals surface area contributed by atoms with E-state index in [1.54, 1.807) is 0 Å². The Bertz CT molecular complexity index is 1240. The second-order valence-electron chi connectivity index (χ2n) is 16.1. The highest BCUT2D eigenvalue weighted by molar-refractivity contribution is 5.99. The molecule has 3 N–H and O–H groups in total. The van der Waals surface area contributed by atoms with E-state index in [9.17, 15) is 14.4 Å². The molecule has 0 spiro atoms. The third-order valence-electron chi connectivity index (χ3n) is 9.06. The largest absolute Gasteiger partial charge is 0.348 e. The molecule has 0 unspecified atom stereocenters. The van der Waals surface area contributed by atoms with Gasteiger partial charge >= 0.3 is 0 Å². The van der Waals surface area contributed by atoms with Crippen LogP contribution in [-0.4, -0.2) is 34.3 Å². The van der Waals surface area contributed by atoms with Gasteiger partial charge in [-0.05, 0) is 123 Å². The molecule has 0 aromatic carbocycles. The van der Waals surface area contributed by atoms with Crippen molar-refractivity contribution in [2.75, 3.05) is 0 Å². The van der Waals surface area contributed by atoms with Crippen LogP contribution in [0, 0.1) is 22.7 Å². The first-order valence-electron chi connectivity index (χ1n) is 15.0. The van der Waals surface area contributed by atoms with Crippen molar-refractivity contribution in [3.63, 3.8) is 0 Å². The lowest BCUT2D eigenvalue weighted by atomic mass is 9.50. The van der Waals surface area contributed by atoms with Crippen molar-refractivity contribution in [3.05, 3.63) is 46.1 Å². The molecule has 4 rings (SSSR count). The molecule has 0 aromatic rings. The van der Waals surface area contributed by atoms with Gasteiger partial charge in [0.1, 0.15) is 0 Å². The lowest BCUT2D eigenvalue weighted by Gasteiger charge is -2.53. The average molecular weight is 550 g/mol. The predicted molar refractivity (Wildman–Crippen MR) is 161 cm³/mol. The Morgan fingerprint density at radius 1 is 0.775 bits per heavy atom. The molecular formula is C34H51N3O3. The monoisotopic (exact) mass is 549 g/mol. The van der Waals surface area contributed by atoms with Gasteiger partial charge in [0, 0.05) is 44.2 Å². The Morgan fingerprint density at radius 3 is 1.90 bits per heavy atom. The number of amides is 3. The number of hydrogen-bond donors (Lipinski definition) is 3. The van der Waals surface area contributed by atoms with Gasteiger partial charge < -0.3 is 16.0 Å². The summed E-state index contributed by atoms with van der Waals surface area (Å²) >= 11 is 0. The van der Waals surface area contributed by atoms with Crippen molar-refractivity contribution in [2.45, 2.75) is 125 Å². The Balaban J connectivity index is 1.79. The first kappa shape index (κ1) is 30.3. The van der Waals surface area contributed by atoms with Gasteiger partial charge in [0.05, 0.1) is 0 Å². The predicted octanol–water partition coefficient (Wildman–Crippen LogP) is 6.06. The molecule has 0 aromatic heterocycles. The van der Waals surface area contributed by atoms with Crippen LogP contribution < -0.4 is 16.0 Å². The van der Waals surface area contributed by atoms with Gasteiger partial charge in [-0.3, -0.25) is 14.4 Å². The normalized spacial score (nSPS) is 30.2. The smallest absolute Gasteiger partial charge is 0.247 e. The Kier molecular flexibility index (Phi) is 7.38. The zero-order chi connectivity index (χ0) is 30.1. The van der Waals surface area contributed by atoms with E-state index in [1.807, 2.05) is 62.3 Å². The van der Waals surface area contributed by atoms with Gasteiger partial charge in [-0.1, -0.05) is 26.0 Å². The summed E-state index contributed by atoms with van der Waals surface area (Å²) < 4.78 is 0. The van der Waals surface area contributed by atoms with E-state index in [2.05, 4.69) is 48.0 Å². The van der Waals surface area contributed by atoms with E-state index < -0.39 is 5.41 Å². The van der Waals surface area contributed by atoms with Crippen LogP contribution in [-0.2, 0) is 14.4 Å². The third-order valence-corrected chi connectivity index (χ3v) is 9.06. The number of fused-ring (bicyclic) bond motifs is 5. The standard InChI is InChI=1S/C34H51N3O3/c1-30(2,3)35-27(38)20-16-17-33(10)21(18-20)12-13-22-24-14-15-25(29(40)37-32(7,8)9)34(24,11)19-23(26(22)33)28(39)36-31(4,5)6/h12,15,18,22,24H,13-14,16-17,19H2,1-11H3,(H,35,38)(H,36,39)(H,37,40)/t22-,24-,33-,34-/m0/s1. The SMILES string of the molecule is CC(C)(C)NC(=O)C1=CC2=CC[C@@H]3C(=C(C(=O)NC(C)(C)C)C[C@]4(C)C(C(=O)NC(C)(C)C)=CC[C@@H]34)[C@@]2(C)CC1. The van der Waals surface area contributed by atoms with E-state index in [0.29, 0.717) is 12.8 Å². The molecule has 6 heteroatoms. The van der Waals surface area contributed by atoms with Gasteiger partial charge in [0.2, 0.25) is 17.7 Å². The fraction of sp³-hybridized carbons (Fsp3) is 0.676. The van der Waals surface area contributed by atoms with Gasteiger partial charge in [0.25, 0.3) is 0 Å². The molecule has 0 aliphatic heterocycles. The van der Waals surface area contributed by atoms with Crippen LogP contribution in [0.25, 0.3) is 0 Å². The average Bonchev–Trinajstić information content (AvgIpc) is 3.11. The highest BCUT2D eigenvalue weighted by atomic mass is 16.2. The summed E-state index contributed by atoms with van der Waals surface area (Å²) in [6.07, 6.45) is 10.1. The van der Waals surface area contributed by atoms with E-state index in [4.69, 9.17) is 0 Å². The number of rotatable bonds is 3. The molecule has 0 radical (unpaired) electrons. The van der Waals surface area contributed by atoms with Gasteiger partial charge in [-0.15, -0.1) is 0 Å². The molecule has 0 fully saturated rings. The molecular weight excluding hydrogens is 498 g/mol. The summed E-state index contributed by atoms with van der Waals surface area (Å²) in [7, 11) is 0. The molecule has 220 valence electrons. The molecule has 0 saturated carbocycles. The van der Waals surface area contributed by atoms with Crippen molar-refractivity contribution in [1.29, 1.82) is 0 Å². The summed E-state index contributed by atoms with van der Waals surface area (Å²) in [6, 6.07) is 0. The van der Waals surface area contributed by atoms with Crippen molar-refractivity contribution in [3.8, 4) is 0 Å². The summed E-state index contributed by atoms with van der Waals surface area (Å²) in [5.41, 5.74) is 3.07. The minimum Gasteiger partial charge on any atom is -0.348 e. The maximum atomic E-state index is 14.1. The van der Waals surface area contributed by atoms with Crippen molar-refractivity contribution in [2.24, 2.45) is 22.7 Å². The number of carbonyl (C=O) groups excluding carboxylic acids is 3. The van der Waals surface area contributed by atoms with Crippen LogP contribution in [0.2, 0.25) is 0 Å². The molecule has 0 saturated heterocycles.